The van der Waals surface area contributed by atoms with Crippen molar-refractivity contribution in [2.45, 2.75) is 34.1 Å². The SMILES string of the molecule is C=C(C)CN(CC)C(=O)COC(=O)c1cc(Cl)c(OCCC)c(OCC)c1. The van der Waals surface area contributed by atoms with E-state index < -0.39 is 5.97 Å². The standard InChI is InChI=1S/C20H28ClNO5/c1-6-9-26-19-16(21)10-15(11-17(19)25-8-3)20(24)27-13-18(23)22(7-2)12-14(4)5/h10-11H,4,6-9,12-13H2,1-3,5H3. The third kappa shape index (κ3) is 7.13. The Kier molecular flexibility index (Phi) is 9.72. The van der Waals surface area contributed by atoms with Gasteiger partial charge in [-0.1, -0.05) is 30.7 Å². The summed E-state index contributed by atoms with van der Waals surface area (Å²) in [6.07, 6.45) is 0.811. The van der Waals surface area contributed by atoms with E-state index in [1.165, 1.54) is 12.1 Å². The molecular weight excluding hydrogens is 370 g/mol. The first kappa shape index (κ1) is 22.8. The first-order chi connectivity index (χ1) is 12.8. The van der Waals surface area contributed by atoms with E-state index in [0.29, 0.717) is 37.8 Å². The minimum atomic E-state index is -0.653. The summed E-state index contributed by atoms with van der Waals surface area (Å²) in [6.45, 7) is 12.7. The number of likely N-dealkylation sites (N-methyl/N-ethyl adjacent to an activating group) is 1. The summed E-state index contributed by atoms with van der Waals surface area (Å²) >= 11 is 6.25. The molecule has 1 rings (SSSR count). The molecule has 6 nitrogen and oxygen atoms in total. The van der Waals surface area contributed by atoms with E-state index in [9.17, 15) is 9.59 Å². The van der Waals surface area contributed by atoms with E-state index in [2.05, 4.69) is 6.58 Å². The normalized spacial score (nSPS) is 10.3. The van der Waals surface area contributed by atoms with Crippen LogP contribution < -0.4 is 9.47 Å². The number of hydrogen-bond acceptors (Lipinski definition) is 5. The fourth-order valence-corrected chi connectivity index (χ4v) is 2.56. The number of nitrogens with zero attached hydrogens (tertiary/aromatic N) is 1. The van der Waals surface area contributed by atoms with E-state index in [0.717, 1.165) is 12.0 Å². The first-order valence-electron chi connectivity index (χ1n) is 9.02. The molecule has 0 heterocycles. The van der Waals surface area contributed by atoms with E-state index in [-0.39, 0.29) is 23.1 Å². The zero-order chi connectivity index (χ0) is 20.4. The highest BCUT2D eigenvalue weighted by Gasteiger charge is 2.19. The zero-order valence-electron chi connectivity index (χ0n) is 16.5. The van der Waals surface area contributed by atoms with Crippen molar-refractivity contribution in [2.75, 3.05) is 32.9 Å². The van der Waals surface area contributed by atoms with Gasteiger partial charge in [-0.25, -0.2) is 4.79 Å². The van der Waals surface area contributed by atoms with Gasteiger partial charge in [0.15, 0.2) is 18.1 Å². The zero-order valence-corrected chi connectivity index (χ0v) is 17.2. The quantitative estimate of drug-likeness (QED) is 0.415. The lowest BCUT2D eigenvalue weighted by atomic mass is 10.2. The van der Waals surface area contributed by atoms with Crippen LogP contribution in [0.15, 0.2) is 24.3 Å². The van der Waals surface area contributed by atoms with E-state index >= 15 is 0 Å². The number of amides is 1. The maximum absolute atomic E-state index is 12.4. The smallest absolute Gasteiger partial charge is 0.338 e. The average molecular weight is 398 g/mol. The van der Waals surface area contributed by atoms with Gasteiger partial charge in [-0.15, -0.1) is 0 Å². The predicted molar refractivity (Wildman–Crippen MR) is 106 cm³/mol. The molecule has 1 aromatic carbocycles. The van der Waals surface area contributed by atoms with Crippen molar-refractivity contribution in [1.82, 2.24) is 4.90 Å². The molecule has 0 N–H and O–H groups in total. The molecule has 150 valence electrons. The van der Waals surface area contributed by atoms with Gasteiger partial charge in [0.2, 0.25) is 0 Å². The second-order valence-corrected chi connectivity index (χ2v) is 6.42. The van der Waals surface area contributed by atoms with Crippen molar-refractivity contribution in [1.29, 1.82) is 0 Å². The Bertz CT molecular complexity index is 675. The fraction of sp³-hybridized carbons (Fsp3) is 0.500. The molecule has 1 aromatic rings. The Morgan fingerprint density at radius 3 is 2.44 bits per heavy atom. The van der Waals surface area contributed by atoms with Crippen LogP contribution in [0.3, 0.4) is 0 Å². The van der Waals surface area contributed by atoms with Crippen LogP contribution in [0.4, 0.5) is 0 Å². The van der Waals surface area contributed by atoms with Crippen molar-refractivity contribution in [3.05, 3.63) is 34.9 Å². The molecule has 0 unspecified atom stereocenters. The van der Waals surface area contributed by atoms with Crippen LogP contribution in [-0.4, -0.2) is 49.7 Å². The number of halogens is 1. The van der Waals surface area contributed by atoms with Crippen molar-refractivity contribution >= 4 is 23.5 Å². The van der Waals surface area contributed by atoms with Crippen molar-refractivity contribution in [3.8, 4) is 11.5 Å². The largest absolute Gasteiger partial charge is 0.490 e. The van der Waals surface area contributed by atoms with Gasteiger partial charge >= 0.3 is 5.97 Å². The molecule has 0 bridgehead atoms. The number of esters is 1. The molecule has 0 aromatic heterocycles. The van der Waals surface area contributed by atoms with Crippen LogP contribution >= 0.6 is 11.6 Å². The van der Waals surface area contributed by atoms with Gasteiger partial charge in [0.1, 0.15) is 0 Å². The minimum Gasteiger partial charge on any atom is -0.490 e. The van der Waals surface area contributed by atoms with E-state index in [4.69, 9.17) is 25.8 Å². The monoisotopic (exact) mass is 397 g/mol. The van der Waals surface area contributed by atoms with Crippen molar-refractivity contribution < 1.29 is 23.8 Å². The number of hydrogen-bond donors (Lipinski definition) is 0. The highest BCUT2D eigenvalue weighted by molar-refractivity contribution is 6.32. The third-order valence-corrected chi connectivity index (χ3v) is 3.80. The minimum absolute atomic E-state index is 0.197. The van der Waals surface area contributed by atoms with Crippen LogP contribution in [0.5, 0.6) is 11.5 Å². The Morgan fingerprint density at radius 2 is 1.89 bits per heavy atom. The lowest BCUT2D eigenvalue weighted by Crippen LogP contribution is -2.35. The summed E-state index contributed by atoms with van der Waals surface area (Å²) in [5, 5.41) is 0.255. The van der Waals surface area contributed by atoms with Crippen molar-refractivity contribution in [3.63, 3.8) is 0 Å². The molecule has 0 atom stereocenters. The van der Waals surface area contributed by atoms with Crippen LogP contribution in [0, 0.1) is 0 Å². The van der Waals surface area contributed by atoms with E-state index in [1.807, 2.05) is 27.7 Å². The molecule has 0 aliphatic heterocycles. The van der Waals surface area contributed by atoms with Crippen LogP contribution in [0.25, 0.3) is 0 Å². The molecule has 0 saturated heterocycles. The average Bonchev–Trinajstić information content (AvgIpc) is 2.63. The summed E-state index contributed by atoms with van der Waals surface area (Å²) in [6, 6.07) is 2.96. The lowest BCUT2D eigenvalue weighted by molar-refractivity contribution is -0.133. The second-order valence-electron chi connectivity index (χ2n) is 6.01. The molecule has 0 fully saturated rings. The number of rotatable bonds is 11. The molecule has 1 amide bonds. The van der Waals surface area contributed by atoms with Gasteiger partial charge in [-0.3, -0.25) is 4.79 Å². The summed E-state index contributed by atoms with van der Waals surface area (Å²) in [7, 11) is 0. The summed E-state index contributed by atoms with van der Waals surface area (Å²) in [5.41, 5.74) is 1.05. The Morgan fingerprint density at radius 1 is 1.19 bits per heavy atom. The Labute approximate surface area is 166 Å². The van der Waals surface area contributed by atoms with Gasteiger partial charge in [-0.2, -0.15) is 0 Å². The Balaban J connectivity index is 2.87. The maximum Gasteiger partial charge on any atom is 0.338 e. The van der Waals surface area contributed by atoms with Crippen LogP contribution in [0.1, 0.15) is 44.5 Å². The molecular formula is C20H28ClNO5. The number of carbonyl (C=O) groups is 2. The number of carbonyl (C=O) groups excluding carboxylic acids is 2. The lowest BCUT2D eigenvalue weighted by Gasteiger charge is -2.20. The van der Waals surface area contributed by atoms with Gasteiger partial charge < -0.3 is 19.1 Å². The summed E-state index contributed by atoms with van der Waals surface area (Å²) < 4.78 is 16.3. The predicted octanol–water partition coefficient (Wildman–Crippen LogP) is 4.11. The maximum atomic E-state index is 12.4. The molecule has 0 saturated carbocycles. The van der Waals surface area contributed by atoms with Crippen LogP contribution in [-0.2, 0) is 9.53 Å². The fourth-order valence-electron chi connectivity index (χ4n) is 2.30. The highest BCUT2D eigenvalue weighted by atomic mass is 35.5. The highest BCUT2D eigenvalue weighted by Crippen LogP contribution is 2.37. The summed E-state index contributed by atoms with van der Waals surface area (Å²) in [4.78, 5) is 26.1. The second kappa shape index (κ2) is 11.5. The van der Waals surface area contributed by atoms with Gasteiger partial charge in [0.25, 0.3) is 5.91 Å². The third-order valence-electron chi connectivity index (χ3n) is 3.52. The molecule has 0 spiro atoms. The van der Waals surface area contributed by atoms with Crippen molar-refractivity contribution in [2.24, 2.45) is 0 Å². The molecule has 0 aliphatic carbocycles. The molecule has 0 radical (unpaired) electrons. The van der Waals surface area contributed by atoms with Gasteiger partial charge in [0, 0.05) is 13.1 Å². The van der Waals surface area contributed by atoms with Gasteiger partial charge in [-0.05, 0) is 39.3 Å². The molecule has 0 aliphatic rings. The topological polar surface area (TPSA) is 65.1 Å². The van der Waals surface area contributed by atoms with Crippen LogP contribution in [0.2, 0.25) is 5.02 Å². The first-order valence-corrected chi connectivity index (χ1v) is 9.40. The van der Waals surface area contributed by atoms with E-state index in [1.54, 1.807) is 4.90 Å². The molecule has 27 heavy (non-hydrogen) atoms. The molecule has 7 heteroatoms. The summed E-state index contributed by atoms with van der Waals surface area (Å²) in [5.74, 6) is -0.173. The number of benzene rings is 1. The Hall–Kier alpha value is -2.21. The van der Waals surface area contributed by atoms with Gasteiger partial charge in [0.05, 0.1) is 23.8 Å². The number of ether oxygens (including phenoxy) is 3.